The van der Waals surface area contributed by atoms with Gasteiger partial charge in [-0.05, 0) is 54.2 Å². The van der Waals surface area contributed by atoms with E-state index in [2.05, 4.69) is 24.5 Å². The summed E-state index contributed by atoms with van der Waals surface area (Å²) >= 11 is 0. The molecule has 1 saturated heterocycles. The van der Waals surface area contributed by atoms with Gasteiger partial charge in [0.25, 0.3) is 5.91 Å². The van der Waals surface area contributed by atoms with Crippen molar-refractivity contribution in [3.8, 4) is 0 Å². The number of rotatable bonds is 9. The zero-order valence-electron chi connectivity index (χ0n) is 18.8. The first-order valence-electron chi connectivity index (χ1n) is 11.1. The van der Waals surface area contributed by atoms with Gasteiger partial charge < -0.3 is 10.6 Å². The maximum Gasteiger partial charge on any atom is 0.325 e. The van der Waals surface area contributed by atoms with Crippen molar-refractivity contribution in [3.63, 3.8) is 0 Å². The summed E-state index contributed by atoms with van der Waals surface area (Å²) in [5.74, 6) is -0.958. The number of anilines is 1. The Balaban J connectivity index is 1.75. The molecule has 7 heteroatoms. The van der Waals surface area contributed by atoms with E-state index < -0.39 is 35.7 Å². The molecule has 0 aliphatic carbocycles. The van der Waals surface area contributed by atoms with Crippen LogP contribution in [-0.2, 0) is 15.1 Å². The molecule has 0 radical (unpaired) electrons. The van der Waals surface area contributed by atoms with E-state index >= 15 is 0 Å². The highest BCUT2D eigenvalue weighted by Crippen LogP contribution is 2.34. The molecule has 2 atom stereocenters. The fourth-order valence-corrected chi connectivity index (χ4v) is 3.93. The second-order valence-corrected chi connectivity index (χ2v) is 8.32. The molecule has 4 amide bonds. The SMILES string of the molecule is CCCCC1(c2ccc(F)cc2)NC(=O)N(CC(=O)Nc2ccc(C(C)CC)cc2)C1=O. The average Bonchev–Trinajstić information content (AvgIpc) is 3.03. The third-order valence-corrected chi connectivity index (χ3v) is 6.10. The molecule has 1 aliphatic heterocycles. The van der Waals surface area contributed by atoms with Crippen molar-refractivity contribution in [2.45, 2.75) is 57.9 Å². The van der Waals surface area contributed by atoms with Gasteiger partial charge in [-0.25, -0.2) is 9.18 Å². The van der Waals surface area contributed by atoms with Crippen LogP contribution in [0.25, 0.3) is 0 Å². The summed E-state index contributed by atoms with van der Waals surface area (Å²) in [5.41, 5.74) is 0.998. The van der Waals surface area contributed by atoms with E-state index in [-0.39, 0.29) is 0 Å². The van der Waals surface area contributed by atoms with Crippen LogP contribution in [0.4, 0.5) is 14.9 Å². The highest BCUT2D eigenvalue weighted by Gasteiger charge is 2.52. The third-order valence-electron chi connectivity index (χ3n) is 6.10. The molecule has 32 heavy (non-hydrogen) atoms. The minimum atomic E-state index is -1.29. The van der Waals surface area contributed by atoms with Crippen LogP contribution in [-0.4, -0.2) is 29.3 Å². The molecule has 1 fully saturated rings. The Bertz CT molecular complexity index is 975. The van der Waals surface area contributed by atoms with E-state index in [4.69, 9.17) is 0 Å². The lowest BCUT2D eigenvalue weighted by molar-refractivity contribution is -0.134. The van der Waals surface area contributed by atoms with Crippen LogP contribution in [0, 0.1) is 5.82 Å². The van der Waals surface area contributed by atoms with Crippen LogP contribution in [0.2, 0.25) is 0 Å². The second-order valence-electron chi connectivity index (χ2n) is 8.32. The number of amides is 4. The highest BCUT2D eigenvalue weighted by atomic mass is 19.1. The molecule has 170 valence electrons. The van der Waals surface area contributed by atoms with Gasteiger partial charge in [0.1, 0.15) is 17.9 Å². The smallest absolute Gasteiger partial charge is 0.325 e. The molecule has 2 unspecified atom stereocenters. The first-order valence-corrected chi connectivity index (χ1v) is 11.1. The van der Waals surface area contributed by atoms with Crippen molar-refractivity contribution in [1.82, 2.24) is 10.2 Å². The molecule has 1 heterocycles. The summed E-state index contributed by atoms with van der Waals surface area (Å²) in [6.45, 7) is 5.84. The molecule has 0 saturated carbocycles. The number of hydrogen-bond donors (Lipinski definition) is 2. The van der Waals surface area contributed by atoms with Crippen LogP contribution in [0.15, 0.2) is 48.5 Å². The molecule has 2 N–H and O–H groups in total. The van der Waals surface area contributed by atoms with Gasteiger partial charge in [-0.15, -0.1) is 0 Å². The number of carbonyl (C=O) groups is 3. The predicted molar refractivity (Wildman–Crippen MR) is 122 cm³/mol. The fraction of sp³-hybridized carbons (Fsp3) is 0.400. The molecule has 0 aromatic heterocycles. The van der Waals surface area contributed by atoms with E-state index in [0.29, 0.717) is 30.0 Å². The first kappa shape index (κ1) is 23.4. The van der Waals surface area contributed by atoms with Crippen LogP contribution < -0.4 is 10.6 Å². The van der Waals surface area contributed by atoms with Gasteiger partial charge >= 0.3 is 6.03 Å². The molecule has 0 spiro atoms. The van der Waals surface area contributed by atoms with Crippen molar-refractivity contribution >= 4 is 23.5 Å². The summed E-state index contributed by atoms with van der Waals surface area (Å²) in [5, 5.41) is 5.52. The normalized spacial score (nSPS) is 19.1. The lowest BCUT2D eigenvalue weighted by Crippen LogP contribution is -2.44. The van der Waals surface area contributed by atoms with E-state index in [9.17, 15) is 18.8 Å². The van der Waals surface area contributed by atoms with Gasteiger partial charge in [0, 0.05) is 5.69 Å². The molecule has 2 aromatic carbocycles. The second kappa shape index (κ2) is 9.94. The summed E-state index contributed by atoms with van der Waals surface area (Å²) in [4.78, 5) is 39.6. The van der Waals surface area contributed by atoms with Gasteiger partial charge in [0.05, 0.1) is 0 Å². The largest absolute Gasteiger partial charge is 0.325 e. The topological polar surface area (TPSA) is 78.5 Å². The number of urea groups is 1. The zero-order valence-corrected chi connectivity index (χ0v) is 18.8. The molecule has 6 nitrogen and oxygen atoms in total. The fourth-order valence-electron chi connectivity index (χ4n) is 3.93. The van der Waals surface area contributed by atoms with Crippen molar-refractivity contribution in [2.75, 3.05) is 11.9 Å². The predicted octanol–water partition coefficient (Wildman–Crippen LogP) is 4.92. The molecule has 2 aromatic rings. The number of unbranched alkanes of at least 4 members (excludes halogenated alkanes) is 1. The first-order chi connectivity index (χ1) is 15.3. The molecule has 1 aliphatic rings. The third kappa shape index (κ3) is 4.82. The lowest BCUT2D eigenvalue weighted by atomic mass is 9.85. The quantitative estimate of drug-likeness (QED) is 0.545. The minimum absolute atomic E-state index is 0.370. The Morgan fingerprint density at radius 2 is 1.75 bits per heavy atom. The summed E-state index contributed by atoms with van der Waals surface area (Å²) in [7, 11) is 0. The standard InChI is InChI=1S/C25H30FN3O3/c1-4-6-15-25(19-9-11-20(26)12-10-19)23(31)29(24(32)28-25)16-22(30)27-21-13-7-18(8-14-21)17(3)5-2/h7-14,17H,4-6,15-16H2,1-3H3,(H,27,30)(H,28,32). The molecule has 0 bridgehead atoms. The number of halogens is 1. The van der Waals surface area contributed by atoms with Crippen LogP contribution in [0.5, 0.6) is 0 Å². The maximum absolute atomic E-state index is 13.4. The Hall–Kier alpha value is -3.22. The Labute approximate surface area is 188 Å². The van der Waals surface area contributed by atoms with E-state index in [1.165, 1.54) is 29.8 Å². The number of imide groups is 1. The van der Waals surface area contributed by atoms with Crippen molar-refractivity contribution < 1.29 is 18.8 Å². The van der Waals surface area contributed by atoms with Gasteiger partial charge in [0.15, 0.2) is 0 Å². The van der Waals surface area contributed by atoms with Crippen LogP contribution in [0.3, 0.4) is 0 Å². The van der Waals surface area contributed by atoms with E-state index in [0.717, 1.165) is 17.7 Å². The van der Waals surface area contributed by atoms with E-state index in [1.807, 2.05) is 31.2 Å². The Morgan fingerprint density at radius 3 is 2.34 bits per heavy atom. The summed E-state index contributed by atoms with van der Waals surface area (Å²) in [6.07, 6.45) is 2.89. The summed E-state index contributed by atoms with van der Waals surface area (Å²) < 4.78 is 13.4. The molecule has 3 rings (SSSR count). The number of nitrogens with one attached hydrogen (secondary N) is 2. The van der Waals surface area contributed by atoms with Crippen molar-refractivity contribution in [1.29, 1.82) is 0 Å². The van der Waals surface area contributed by atoms with Crippen molar-refractivity contribution in [2.24, 2.45) is 0 Å². The summed E-state index contributed by atoms with van der Waals surface area (Å²) in [6, 6.07) is 12.5. The van der Waals surface area contributed by atoms with Crippen LogP contribution >= 0.6 is 0 Å². The monoisotopic (exact) mass is 439 g/mol. The van der Waals surface area contributed by atoms with Gasteiger partial charge in [0.2, 0.25) is 5.91 Å². The average molecular weight is 440 g/mol. The van der Waals surface area contributed by atoms with Gasteiger partial charge in [-0.3, -0.25) is 14.5 Å². The van der Waals surface area contributed by atoms with Gasteiger partial charge in [-0.1, -0.05) is 57.9 Å². The van der Waals surface area contributed by atoms with Crippen molar-refractivity contribution in [3.05, 3.63) is 65.5 Å². The lowest BCUT2D eigenvalue weighted by Gasteiger charge is -2.27. The Kier molecular flexibility index (Phi) is 7.28. The molecular formula is C25H30FN3O3. The number of carbonyl (C=O) groups excluding carboxylic acids is 3. The maximum atomic E-state index is 13.4. The Morgan fingerprint density at radius 1 is 1.09 bits per heavy atom. The van der Waals surface area contributed by atoms with Crippen LogP contribution in [0.1, 0.15) is 63.5 Å². The number of nitrogens with zero attached hydrogens (tertiary/aromatic N) is 1. The highest BCUT2D eigenvalue weighted by molar-refractivity contribution is 6.10. The number of hydrogen-bond acceptors (Lipinski definition) is 3. The van der Waals surface area contributed by atoms with E-state index in [1.54, 1.807) is 0 Å². The number of benzene rings is 2. The minimum Gasteiger partial charge on any atom is -0.325 e. The molecular weight excluding hydrogens is 409 g/mol. The zero-order chi connectivity index (χ0) is 23.3. The van der Waals surface area contributed by atoms with Gasteiger partial charge in [-0.2, -0.15) is 0 Å².